The molecular formula is C12H24N6O. The smallest absolute Gasteiger partial charge is 0.231 e. The minimum absolute atomic E-state index is 0.434. The van der Waals surface area contributed by atoms with Gasteiger partial charge >= 0.3 is 0 Å². The molecule has 1 heterocycles. The molecule has 0 fully saturated rings. The maximum absolute atomic E-state index is 9.43. The third-order valence-electron chi connectivity index (χ3n) is 2.42. The van der Waals surface area contributed by atoms with E-state index in [0.717, 1.165) is 13.0 Å². The van der Waals surface area contributed by atoms with Crippen molar-refractivity contribution in [3.05, 3.63) is 0 Å². The van der Waals surface area contributed by atoms with Gasteiger partial charge in [-0.25, -0.2) is 0 Å². The highest BCUT2D eigenvalue weighted by Crippen LogP contribution is 2.14. The third-order valence-corrected chi connectivity index (χ3v) is 2.42. The van der Waals surface area contributed by atoms with Gasteiger partial charge in [-0.05, 0) is 13.3 Å². The first-order chi connectivity index (χ1) is 8.93. The molecule has 0 saturated carbocycles. The number of aromatic nitrogens is 3. The Kier molecular flexibility index (Phi) is 5.75. The molecule has 0 aliphatic carbocycles. The Morgan fingerprint density at radius 2 is 1.79 bits per heavy atom. The lowest BCUT2D eigenvalue weighted by molar-refractivity contribution is 0.201. The van der Waals surface area contributed by atoms with E-state index in [4.69, 9.17) is 0 Å². The molecule has 1 aromatic heterocycles. The van der Waals surface area contributed by atoms with Gasteiger partial charge in [0.15, 0.2) is 0 Å². The van der Waals surface area contributed by atoms with Crippen molar-refractivity contribution in [2.45, 2.75) is 26.4 Å². The van der Waals surface area contributed by atoms with Crippen LogP contribution >= 0.6 is 0 Å². The Morgan fingerprint density at radius 3 is 2.32 bits per heavy atom. The van der Waals surface area contributed by atoms with Gasteiger partial charge in [0.1, 0.15) is 0 Å². The largest absolute Gasteiger partial charge is 0.392 e. The predicted octanol–water partition coefficient (Wildman–Crippen LogP) is 0.576. The highest BCUT2D eigenvalue weighted by molar-refractivity contribution is 5.44. The number of nitrogens with one attached hydrogen (secondary N) is 1. The predicted molar refractivity (Wildman–Crippen MR) is 77.9 cm³/mol. The fourth-order valence-corrected chi connectivity index (χ4v) is 1.52. The molecule has 1 aromatic rings. The SMILES string of the molecule is CCCNc1nc(N(C)C)nc(N(C)CC(C)O)n1. The Hall–Kier alpha value is -1.63. The number of likely N-dealkylation sites (N-methyl/N-ethyl adjacent to an activating group) is 1. The van der Waals surface area contributed by atoms with Crippen LogP contribution in [0.5, 0.6) is 0 Å². The second-order valence-corrected chi connectivity index (χ2v) is 4.81. The van der Waals surface area contributed by atoms with Gasteiger partial charge in [0, 0.05) is 34.2 Å². The quantitative estimate of drug-likeness (QED) is 0.749. The number of hydrogen-bond donors (Lipinski definition) is 2. The van der Waals surface area contributed by atoms with Gasteiger partial charge in [0.05, 0.1) is 6.10 Å². The van der Waals surface area contributed by atoms with Crippen LogP contribution in [0.4, 0.5) is 17.8 Å². The van der Waals surface area contributed by atoms with Crippen LogP contribution in [0.15, 0.2) is 0 Å². The summed E-state index contributed by atoms with van der Waals surface area (Å²) in [6.45, 7) is 5.11. The van der Waals surface area contributed by atoms with Gasteiger partial charge < -0.3 is 20.2 Å². The molecule has 19 heavy (non-hydrogen) atoms. The Labute approximate surface area is 114 Å². The molecule has 0 spiro atoms. The van der Waals surface area contributed by atoms with E-state index in [1.54, 1.807) is 6.92 Å². The van der Waals surface area contributed by atoms with Gasteiger partial charge in [-0.2, -0.15) is 15.0 Å². The van der Waals surface area contributed by atoms with Crippen LogP contribution in [-0.2, 0) is 0 Å². The van der Waals surface area contributed by atoms with E-state index in [1.807, 2.05) is 30.9 Å². The number of rotatable bonds is 7. The molecule has 7 heteroatoms. The summed E-state index contributed by atoms with van der Waals surface area (Å²) in [5, 5.41) is 12.6. The summed E-state index contributed by atoms with van der Waals surface area (Å²) >= 11 is 0. The van der Waals surface area contributed by atoms with E-state index < -0.39 is 6.10 Å². The van der Waals surface area contributed by atoms with Crippen LogP contribution in [-0.4, -0.2) is 60.4 Å². The summed E-state index contributed by atoms with van der Waals surface area (Å²) in [6, 6.07) is 0. The molecule has 1 unspecified atom stereocenters. The number of aliphatic hydroxyl groups excluding tert-OH is 1. The molecule has 0 saturated heterocycles. The van der Waals surface area contributed by atoms with Crippen molar-refractivity contribution in [1.82, 2.24) is 15.0 Å². The lowest BCUT2D eigenvalue weighted by Crippen LogP contribution is -2.29. The Morgan fingerprint density at radius 1 is 1.16 bits per heavy atom. The Bertz CT molecular complexity index is 396. The monoisotopic (exact) mass is 268 g/mol. The van der Waals surface area contributed by atoms with Crippen molar-refractivity contribution in [2.75, 3.05) is 49.3 Å². The summed E-state index contributed by atoms with van der Waals surface area (Å²) in [4.78, 5) is 16.7. The third kappa shape index (κ3) is 4.86. The standard InChI is InChI=1S/C12H24N6O/c1-6-7-13-10-14-11(17(3)4)16-12(15-10)18(5)8-9(2)19/h9,19H,6-8H2,1-5H3,(H,13,14,15,16). The maximum atomic E-state index is 9.43. The highest BCUT2D eigenvalue weighted by atomic mass is 16.3. The second-order valence-electron chi connectivity index (χ2n) is 4.81. The summed E-state index contributed by atoms with van der Waals surface area (Å²) in [5.41, 5.74) is 0. The summed E-state index contributed by atoms with van der Waals surface area (Å²) in [6.07, 6.45) is 0.568. The molecule has 1 rings (SSSR count). The van der Waals surface area contributed by atoms with Crippen molar-refractivity contribution < 1.29 is 5.11 Å². The number of hydrogen-bond acceptors (Lipinski definition) is 7. The fraction of sp³-hybridized carbons (Fsp3) is 0.750. The van der Waals surface area contributed by atoms with E-state index in [0.29, 0.717) is 24.4 Å². The van der Waals surface area contributed by atoms with Crippen molar-refractivity contribution in [3.8, 4) is 0 Å². The number of anilines is 3. The molecule has 0 radical (unpaired) electrons. The van der Waals surface area contributed by atoms with Gasteiger partial charge in [0.2, 0.25) is 17.8 Å². The van der Waals surface area contributed by atoms with Crippen molar-refractivity contribution in [3.63, 3.8) is 0 Å². The molecule has 7 nitrogen and oxygen atoms in total. The summed E-state index contributed by atoms with van der Waals surface area (Å²) < 4.78 is 0. The number of nitrogens with zero attached hydrogens (tertiary/aromatic N) is 5. The molecule has 108 valence electrons. The molecule has 0 aliphatic heterocycles. The van der Waals surface area contributed by atoms with Gasteiger partial charge in [0.25, 0.3) is 0 Å². The summed E-state index contributed by atoms with van der Waals surface area (Å²) in [7, 11) is 5.62. The normalized spacial score (nSPS) is 12.1. The van der Waals surface area contributed by atoms with E-state index in [1.165, 1.54) is 0 Å². The molecule has 1 atom stereocenters. The zero-order valence-electron chi connectivity index (χ0n) is 12.4. The molecule has 0 amide bonds. The second kappa shape index (κ2) is 7.08. The van der Waals surface area contributed by atoms with Crippen molar-refractivity contribution in [2.24, 2.45) is 0 Å². The molecule has 2 N–H and O–H groups in total. The van der Waals surface area contributed by atoms with Crippen molar-refractivity contribution >= 4 is 17.8 Å². The first-order valence-electron chi connectivity index (χ1n) is 6.50. The van der Waals surface area contributed by atoms with Crippen LogP contribution in [0.2, 0.25) is 0 Å². The lowest BCUT2D eigenvalue weighted by Gasteiger charge is -2.21. The van der Waals surface area contributed by atoms with E-state index in [2.05, 4.69) is 27.2 Å². The topological polar surface area (TPSA) is 77.4 Å². The molecule has 0 aliphatic rings. The van der Waals surface area contributed by atoms with E-state index in [-0.39, 0.29) is 0 Å². The zero-order chi connectivity index (χ0) is 14.4. The number of aliphatic hydroxyl groups is 1. The molecular weight excluding hydrogens is 244 g/mol. The first-order valence-corrected chi connectivity index (χ1v) is 6.50. The lowest BCUT2D eigenvalue weighted by atomic mass is 10.4. The highest BCUT2D eigenvalue weighted by Gasteiger charge is 2.12. The minimum Gasteiger partial charge on any atom is -0.392 e. The van der Waals surface area contributed by atoms with Crippen LogP contribution in [0.25, 0.3) is 0 Å². The van der Waals surface area contributed by atoms with Gasteiger partial charge in [-0.1, -0.05) is 6.92 Å². The van der Waals surface area contributed by atoms with E-state index in [9.17, 15) is 5.11 Å². The maximum Gasteiger partial charge on any atom is 0.231 e. The molecule has 0 aromatic carbocycles. The first kappa shape index (κ1) is 15.4. The van der Waals surface area contributed by atoms with Crippen LogP contribution in [0, 0.1) is 0 Å². The van der Waals surface area contributed by atoms with Gasteiger partial charge in [-0.15, -0.1) is 0 Å². The summed E-state index contributed by atoms with van der Waals surface area (Å²) in [5.74, 6) is 1.72. The fourth-order valence-electron chi connectivity index (χ4n) is 1.52. The average Bonchev–Trinajstić information content (AvgIpc) is 2.35. The van der Waals surface area contributed by atoms with E-state index >= 15 is 0 Å². The van der Waals surface area contributed by atoms with Gasteiger partial charge in [-0.3, -0.25) is 0 Å². The Balaban J connectivity index is 2.98. The van der Waals surface area contributed by atoms with Crippen molar-refractivity contribution in [1.29, 1.82) is 0 Å². The van der Waals surface area contributed by atoms with Crippen LogP contribution < -0.4 is 15.1 Å². The molecule has 0 bridgehead atoms. The average molecular weight is 268 g/mol. The van der Waals surface area contributed by atoms with Crippen LogP contribution in [0.1, 0.15) is 20.3 Å². The minimum atomic E-state index is -0.434. The zero-order valence-corrected chi connectivity index (χ0v) is 12.4. The van der Waals surface area contributed by atoms with Crippen LogP contribution in [0.3, 0.4) is 0 Å².